The largest absolute Gasteiger partial charge is 0.493 e. The van der Waals surface area contributed by atoms with Gasteiger partial charge in [0.15, 0.2) is 0 Å². The molecule has 3 aromatic rings. The SMILES string of the molecule is CCOc1c2c(nc(C)c1-c1ccc(Oc3ccc(C(=O)OC)cc3)cc1)CCCC2. The number of nitrogens with zero attached hydrogens (tertiary/aromatic N) is 1. The molecule has 1 aromatic heterocycles. The minimum atomic E-state index is -0.366. The van der Waals surface area contributed by atoms with E-state index in [1.807, 2.05) is 31.2 Å². The van der Waals surface area contributed by atoms with Crippen molar-refractivity contribution in [3.8, 4) is 28.4 Å². The number of benzene rings is 2. The molecule has 0 saturated carbocycles. The van der Waals surface area contributed by atoms with Crippen LogP contribution in [0.1, 0.15) is 47.1 Å². The summed E-state index contributed by atoms with van der Waals surface area (Å²) >= 11 is 0. The van der Waals surface area contributed by atoms with Crippen LogP contribution in [0.25, 0.3) is 11.1 Å². The maximum atomic E-state index is 11.6. The van der Waals surface area contributed by atoms with E-state index in [1.165, 1.54) is 31.2 Å². The summed E-state index contributed by atoms with van der Waals surface area (Å²) in [7, 11) is 1.37. The lowest BCUT2D eigenvalue weighted by Crippen LogP contribution is -2.11. The van der Waals surface area contributed by atoms with Gasteiger partial charge in [0.2, 0.25) is 0 Å². The first-order valence-electron chi connectivity index (χ1n) is 10.7. The van der Waals surface area contributed by atoms with Crippen LogP contribution in [0.4, 0.5) is 0 Å². The Bertz CT molecular complexity index is 1070. The van der Waals surface area contributed by atoms with Gasteiger partial charge in [0.05, 0.1) is 19.3 Å². The molecule has 0 atom stereocenters. The second kappa shape index (κ2) is 9.21. The number of aromatic nitrogens is 1. The van der Waals surface area contributed by atoms with E-state index < -0.39 is 0 Å². The van der Waals surface area contributed by atoms with Crippen molar-refractivity contribution in [3.63, 3.8) is 0 Å². The van der Waals surface area contributed by atoms with Crippen LogP contribution < -0.4 is 9.47 Å². The molecule has 160 valence electrons. The summed E-state index contributed by atoms with van der Waals surface area (Å²) in [6, 6.07) is 14.9. The lowest BCUT2D eigenvalue weighted by Gasteiger charge is -2.23. The standard InChI is InChI=1S/C26H27NO4/c1-4-30-25-22-7-5-6-8-23(22)27-17(2)24(25)18-9-13-20(14-10-18)31-21-15-11-19(12-16-21)26(28)29-3/h9-16H,4-8H2,1-3H3. The van der Waals surface area contributed by atoms with Crippen LogP contribution in [0.5, 0.6) is 17.2 Å². The van der Waals surface area contributed by atoms with Crippen molar-refractivity contribution in [2.24, 2.45) is 0 Å². The zero-order valence-electron chi connectivity index (χ0n) is 18.2. The molecule has 0 saturated heterocycles. The Morgan fingerprint density at radius 2 is 1.61 bits per heavy atom. The topological polar surface area (TPSA) is 57.7 Å². The van der Waals surface area contributed by atoms with Crippen molar-refractivity contribution >= 4 is 5.97 Å². The fourth-order valence-electron chi connectivity index (χ4n) is 4.08. The van der Waals surface area contributed by atoms with Gasteiger partial charge in [-0.2, -0.15) is 0 Å². The van der Waals surface area contributed by atoms with E-state index in [-0.39, 0.29) is 5.97 Å². The average molecular weight is 418 g/mol. The number of fused-ring (bicyclic) bond motifs is 1. The van der Waals surface area contributed by atoms with Crippen LogP contribution in [0.2, 0.25) is 0 Å². The smallest absolute Gasteiger partial charge is 0.337 e. The molecule has 0 N–H and O–H groups in total. The van der Waals surface area contributed by atoms with Crippen molar-refractivity contribution in [1.29, 1.82) is 0 Å². The highest BCUT2D eigenvalue weighted by Crippen LogP contribution is 2.40. The Morgan fingerprint density at radius 3 is 2.26 bits per heavy atom. The molecule has 4 rings (SSSR count). The molecule has 1 aliphatic carbocycles. The molecular weight excluding hydrogens is 390 g/mol. The highest BCUT2D eigenvalue weighted by atomic mass is 16.5. The van der Waals surface area contributed by atoms with Crippen molar-refractivity contribution in [1.82, 2.24) is 4.98 Å². The van der Waals surface area contributed by atoms with Crippen LogP contribution >= 0.6 is 0 Å². The minimum Gasteiger partial charge on any atom is -0.493 e. The average Bonchev–Trinajstić information content (AvgIpc) is 2.80. The second-order valence-corrected chi connectivity index (χ2v) is 7.61. The normalized spacial score (nSPS) is 12.7. The predicted molar refractivity (Wildman–Crippen MR) is 120 cm³/mol. The van der Waals surface area contributed by atoms with Crippen LogP contribution in [0.3, 0.4) is 0 Å². The third-order valence-corrected chi connectivity index (χ3v) is 5.55. The van der Waals surface area contributed by atoms with Gasteiger partial charge in [0, 0.05) is 22.5 Å². The quantitative estimate of drug-likeness (QED) is 0.467. The number of hydrogen-bond donors (Lipinski definition) is 0. The maximum absolute atomic E-state index is 11.6. The fraction of sp³-hybridized carbons (Fsp3) is 0.308. The van der Waals surface area contributed by atoms with Crippen molar-refractivity contribution in [3.05, 3.63) is 71.0 Å². The van der Waals surface area contributed by atoms with Gasteiger partial charge in [-0.25, -0.2) is 4.79 Å². The molecule has 5 nitrogen and oxygen atoms in total. The molecule has 1 heterocycles. The van der Waals surface area contributed by atoms with E-state index in [2.05, 4.69) is 6.92 Å². The van der Waals surface area contributed by atoms with E-state index in [4.69, 9.17) is 19.2 Å². The predicted octanol–water partition coefficient (Wildman–Crippen LogP) is 5.91. The number of carbonyl (C=O) groups excluding carboxylic acids is 1. The Labute approximate surface area is 183 Å². The molecule has 1 aliphatic rings. The number of methoxy groups -OCH3 is 1. The van der Waals surface area contributed by atoms with Crippen molar-refractivity contribution in [2.75, 3.05) is 13.7 Å². The molecule has 0 spiro atoms. The van der Waals surface area contributed by atoms with Crippen LogP contribution in [0, 0.1) is 6.92 Å². The summed E-state index contributed by atoms with van der Waals surface area (Å²) in [5.74, 6) is 1.99. The highest BCUT2D eigenvalue weighted by molar-refractivity contribution is 5.89. The molecule has 0 aliphatic heterocycles. The Kier molecular flexibility index (Phi) is 6.21. The summed E-state index contributed by atoms with van der Waals surface area (Å²) in [4.78, 5) is 16.5. The first-order chi connectivity index (χ1) is 15.1. The monoisotopic (exact) mass is 417 g/mol. The number of rotatable bonds is 6. The van der Waals surface area contributed by atoms with E-state index in [9.17, 15) is 4.79 Å². The first-order valence-corrected chi connectivity index (χ1v) is 10.7. The number of hydrogen-bond acceptors (Lipinski definition) is 5. The number of ether oxygens (including phenoxy) is 3. The lowest BCUT2D eigenvalue weighted by atomic mass is 9.91. The number of carbonyl (C=O) groups is 1. The third-order valence-electron chi connectivity index (χ3n) is 5.55. The van der Waals surface area contributed by atoms with Gasteiger partial charge in [-0.15, -0.1) is 0 Å². The summed E-state index contributed by atoms with van der Waals surface area (Å²) in [6.45, 7) is 4.71. The fourth-order valence-corrected chi connectivity index (χ4v) is 4.08. The summed E-state index contributed by atoms with van der Waals surface area (Å²) in [6.07, 6.45) is 4.42. The van der Waals surface area contributed by atoms with Gasteiger partial charge in [0.1, 0.15) is 17.2 Å². The molecule has 0 amide bonds. The van der Waals surface area contributed by atoms with Gasteiger partial charge in [0.25, 0.3) is 0 Å². The lowest BCUT2D eigenvalue weighted by molar-refractivity contribution is 0.0600. The molecule has 0 bridgehead atoms. The minimum absolute atomic E-state index is 0.366. The molecule has 0 radical (unpaired) electrons. The van der Waals surface area contributed by atoms with E-state index in [1.54, 1.807) is 24.3 Å². The summed E-state index contributed by atoms with van der Waals surface area (Å²) in [5.41, 5.74) is 6.07. The number of aryl methyl sites for hydroxylation is 2. The van der Waals surface area contributed by atoms with Crippen molar-refractivity contribution < 1.29 is 19.0 Å². The van der Waals surface area contributed by atoms with Gasteiger partial charge in [-0.3, -0.25) is 4.98 Å². The number of pyridine rings is 1. The second-order valence-electron chi connectivity index (χ2n) is 7.61. The Hall–Kier alpha value is -3.34. The molecule has 31 heavy (non-hydrogen) atoms. The molecule has 0 unspecified atom stereocenters. The zero-order valence-corrected chi connectivity index (χ0v) is 18.2. The molecule has 5 heteroatoms. The zero-order chi connectivity index (χ0) is 21.8. The maximum Gasteiger partial charge on any atom is 0.337 e. The Balaban J connectivity index is 1.60. The summed E-state index contributed by atoms with van der Waals surface area (Å²) in [5, 5.41) is 0. The van der Waals surface area contributed by atoms with Gasteiger partial charge in [-0.1, -0.05) is 12.1 Å². The van der Waals surface area contributed by atoms with Gasteiger partial charge >= 0.3 is 5.97 Å². The van der Waals surface area contributed by atoms with Crippen LogP contribution in [-0.2, 0) is 17.6 Å². The first kappa shape index (κ1) is 20.9. The van der Waals surface area contributed by atoms with Gasteiger partial charge in [-0.05, 0) is 81.5 Å². The molecular formula is C26H27NO4. The van der Waals surface area contributed by atoms with E-state index in [0.717, 1.165) is 41.2 Å². The van der Waals surface area contributed by atoms with E-state index >= 15 is 0 Å². The third kappa shape index (κ3) is 4.41. The number of esters is 1. The molecule has 2 aromatic carbocycles. The van der Waals surface area contributed by atoms with Crippen molar-refractivity contribution in [2.45, 2.75) is 39.5 Å². The molecule has 0 fully saturated rings. The highest BCUT2D eigenvalue weighted by Gasteiger charge is 2.22. The Morgan fingerprint density at radius 1 is 0.968 bits per heavy atom. The summed E-state index contributed by atoms with van der Waals surface area (Å²) < 4.78 is 16.8. The van der Waals surface area contributed by atoms with Crippen LogP contribution in [0.15, 0.2) is 48.5 Å². The van der Waals surface area contributed by atoms with E-state index in [0.29, 0.717) is 17.9 Å². The van der Waals surface area contributed by atoms with Gasteiger partial charge < -0.3 is 14.2 Å². The van der Waals surface area contributed by atoms with Crippen LogP contribution in [-0.4, -0.2) is 24.7 Å².